The highest BCUT2D eigenvalue weighted by molar-refractivity contribution is 5.28. The quantitative estimate of drug-likeness (QED) is 0.926. The van der Waals surface area contributed by atoms with Crippen LogP contribution in [-0.4, -0.2) is 35.6 Å². The SMILES string of the molecule is O[C@H]1C[C@@H]2CN(Cc3cccc(OC(F)(F)F)c3)C[C@@H]21. The summed E-state index contributed by atoms with van der Waals surface area (Å²) in [6.45, 7) is 2.32. The van der Waals surface area contributed by atoms with Gasteiger partial charge in [-0.2, -0.15) is 0 Å². The second kappa shape index (κ2) is 4.93. The molecule has 0 unspecified atom stereocenters. The van der Waals surface area contributed by atoms with Crippen molar-refractivity contribution in [2.45, 2.75) is 25.4 Å². The van der Waals surface area contributed by atoms with Gasteiger partial charge in [0.2, 0.25) is 0 Å². The predicted molar refractivity (Wildman–Crippen MR) is 66.0 cm³/mol. The summed E-state index contributed by atoms with van der Waals surface area (Å²) in [6.07, 6.45) is -4.02. The van der Waals surface area contributed by atoms with Crippen molar-refractivity contribution in [3.8, 4) is 5.75 Å². The summed E-state index contributed by atoms with van der Waals surface area (Å²) in [5, 5.41) is 9.60. The zero-order chi connectivity index (χ0) is 14.3. The molecule has 1 saturated carbocycles. The predicted octanol–water partition coefficient (Wildman–Crippen LogP) is 2.40. The number of aliphatic hydroxyl groups is 1. The Bertz CT molecular complexity index is 492. The van der Waals surface area contributed by atoms with E-state index in [0.29, 0.717) is 18.4 Å². The molecule has 0 amide bonds. The van der Waals surface area contributed by atoms with E-state index in [2.05, 4.69) is 9.64 Å². The van der Waals surface area contributed by atoms with Crippen molar-refractivity contribution in [2.75, 3.05) is 13.1 Å². The summed E-state index contributed by atoms with van der Waals surface area (Å²) in [7, 11) is 0. The van der Waals surface area contributed by atoms with Gasteiger partial charge in [-0.25, -0.2) is 0 Å². The number of rotatable bonds is 3. The molecular weight excluding hydrogens is 271 g/mol. The van der Waals surface area contributed by atoms with Gasteiger partial charge >= 0.3 is 6.36 Å². The number of fused-ring (bicyclic) bond motifs is 1. The molecule has 2 aliphatic rings. The summed E-state index contributed by atoms with van der Waals surface area (Å²) in [6, 6.07) is 6.08. The van der Waals surface area contributed by atoms with Crippen LogP contribution in [0.15, 0.2) is 24.3 Å². The average molecular weight is 287 g/mol. The highest BCUT2D eigenvalue weighted by Crippen LogP contribution is 2.41. The molecule has 1 aliphatic carbocycles. The zero-order valence-corrected chi connectivity index (χ0v) is 10.8. The Kier molecular flexibility index (Phi) is 3.38. The lowest BCUT2D eigenvalue weighted by atomic mass is 9.74. The number of nitrogens with zero attached hydrogens (tertiary/aromatic N) is 1. The first-order valence-corrected chi connectivity index (χ1v) is 6.66. The Labute approximate surface area is 115 Å². The van der Waals surface area contributed by atoms with Crippen molar-refractivity contribution < 1.29 is 23.0 Å². The van der Waals surface area contributed by atoms with Gasteiger partial charge in [0.15, 0.2) is 0 Å². The highest BCUT2D eigenvalue weighted by atomic mass is 19.4. The molecule has 1 aliphatic heterocycles. The van der Waals surface area contributed by atoms with E-state index in [0.717, 1.165) is 25.1 Å². The van der Waals surface area contributed by atoms with Gasteiger partial charge < -0.3 is 9.84 Å². The minimum atomic E-state index is -4.66. The van der Waals surface area contributed by atoms with Gasteiger partial charge in [0.05, 0.1) is 6.10 Å². The van der Waals surface area contributed by atoms with Gasteiger partial charge in [-0.05, 0) is 30.0 Å². The van der Waals surface area contributed by atoms with E-state index in [9.17, 15) is 18.3 Å². The van der Waals surface area contributed by atoms with E-state index in [4.69, 9.17) is 0 Å². The van der Waals surface area contributed by atoms with Gasteiger partial charge in [0.1, 0.15) is 5.75 Å². The summed E-state index contributed by atoms with van der Waals surface area (Å²) in [5.41, 5.74) is 0.794. The van der Waals surface area contributed by atoms with Gasteiger partial charge in [-0.15, -0.1) is 13.2 Å². The van der Waals surface area contributed by atoms with Gasteiger partial charge in [0, 0.05) is 25.6 Å². The highest BCUT2D eigenvalue weighted by Gasteiger charge is 2.45. The van der Waals surface area contributed by atoms with E-state index in [1.165, 1.54) is 12.1 Å². The summed E-state index contributed by atoms with van der Waals surface area (Å²) < 4.78 is 40.4. The van der Waals surface area contributed by atoms with Crippen LogP contribution in [-0.2, 0) is 6.54 Å². The third-order valence-electron chi connectivity index (χ3n) is 4.14. The zero-order valence-electron chi connectivity index (χ0n) is 10.8. The van der Waals surface area contributed by atoms with E-state index >= 15 is 0 Å². The largest absolute Gasteiger partial charge is 0.573 e. The topological polar surface area (TPSA) is 32.7 Å². The minimum Gasteiger partial charge on any atom is -0.406 e. The first kappa shape index (κ1) is 13.7. The van der Waals surface area contributed by atoms with Crippen LogP contribution in [0.4, 0.5) is 13.2 Å². The Balaban J connectivity index is 1.62. The molecule has 3 atom stereocenters. The molecule has 3 nitrogen and oxygen atoms in total. The van der Waals surface area contributed by atoms with Crippen molar-refractivity contribution in [1.29, 1.82) is 0 Å². The molecule has 1 aromatic carbocycles. The van der Waals surface area contributed by atoms with Gasteiger partial charge in [-0.1, -0.05) is 12.1 Å². The van der Waals surface area contributed by atoms with Crippen LogP contribution in [0.2, 0.25) is 0 Å². The maximum Gasteiger partial charge on any atom is 0.573 e. The molecule has 3 rings (SSSR count). The Morgan fingerprint density at radius 2 is 2.10 bits per heavy atom. The number of hydrogen-bond donors (Lipinski definition) is 1. The summed E-state index contributed by atoms with van der Waals surface area (Å²) in [4.78, 5) is 2.18. The molecule has 0 aromatic heterocycles. The standard InChI is InChI=1S/C14H16F3NO2/c15-14(16,17)20-11-3-1-2-9(4-11)6-18-7-10-5-13(19)12(10)8-18/h1-4,10,12-13,19H,5-8H2/t10-,12+,13+/m1/s1. The van der Waals surface area contributed by atoms with Crippen molar-refractivity contribution in [3.05, 3.63) is 29.8 Å². The summed E-state index contributed by atoms with van der Waals surface area (Å²) in [5.74, 6) is 0.696. The van der Waals surface area contributed by atoms with E-state index in [1.54, 1.807) is 12.1 Å². The van der Waals surface area contributed by atoms with Crippen LogP contribution < -0.4 is 4.74 Å². The Hall–Kier alpha value is -1.27. The normalized spacial score (nSPS) is 29.9. The number of benzene rings is 1. The van der Waals surface area contributed by atoms with E-state index < -0.39 is 6.36 Å². The Morgan fingerprint density at radius 3 is 2.75 bits per heavy atom. The van der Waals surface area contributed by atoms with E-state index in [1.807, 2.05) is 0 Å². The molecule has 20 heavy (non-hydrogen) atoms. The number of alkyl halides is 3. The van der Waals surface area contributed by atoms with E-state index in [-0.39, 0.29) is 11.9 Å². The summed E-state index contributed by atoms with van der Waals surface area (Å²) >= 11 is 0. The molecular formula is C14H16F3NO2. The van der Waals surface area contributed by atoms with Crippen molar-refractivity contribution in [1.82, 2.24) is 4.90 Å². The van der Waals surface area contributed by atoms with Crippen molar-refractivity contribution >= 4 is 0 Å². The van der Waals surface area contributed by atoms with Crippen LogP contribution in [0.1, 0.15) is 12.0 Å². The fraction of sp³-hybridized carbons (Fsp3) is 0.571. The minimum absolute atomic E-state index is 0.183. The van der Waals surface area contributed by atoms with Crippen molar-refractivity contribution in [3.63, 3.8) is 0 Å². The second-order valence-corrected chi connectivity index (χ2v) is 5.62. The average Bonchev–Trinajstić information content (AvgIpc) is 2.64. The number of aliphatic hydroxyl groups excluding tert-OH is 1. The molecule has 1 aromatic rings. The lowest BCUT2D eigenvalue weighted by Crippen LogP contribution is -2.39. The maximum absolute atomic E-state index is 12.2. The third-order valence-corrected chi connectivity index (χ3v) is 4.14. The molecule has 6 heteroatoms. The fourth-order valence-corrected chi connectivity index (χ4v) is 3.19. The third kappa shape index (κ3) is 2.91. The number of ether oxygens (including phenoxy) is 1. The number of hydrogen-bond acceptors (Lipinski definition) is 3. The molecule has 2 fully saturated rings. The lowest BCUT2D eigenvalue weighted by Gasteiger charge is -2.35. The number of halogens is 3. The second-order valence-electron chi connectivity index (χ2n) is 5.62. The molecule has 0 spiro atoms. The molecule has 1 heterocycles. The van der Waals surface area contributed by atoms with Crippen LogP contribution >= 0.6 is 0 Å². The number of likely N-dealkylation sites (tertiary alicyclic amines) is 1. The van der Waals surface area contributed by atoms with Gasteiger partial charge in [0.25, 0.3) is 0 Å². The van der Waals surface area contributed by atoms with Crippen LogP contribution in [0, 0.1) is 11.8 Å². The first-order chi connectivity index (χ1) is 9.40. The van der Waals surface area contributed by atoms with Crippen LogP contribution in [0.3, 0.4) is 0 Å². The smallest absolute Gasteiger partial charge is 0.406 e. The Morgan fingerprint density at radius 1 is 1.30 bits per heavy atom. The molecule has 1 saturated heterocycles. The monoisotopic (exact) mass is 287 g/mol. The molecule has 1 N–H and O–H groups in total. The fourth-order valence-electron chi connectivity index (χ4n) is 3.19. The van der Waals surface area contributed by atoms with Crippen LogP contribution in [0.25, 0.3) is 0 Å². The van der Waals surface area contributed by atoms with Gasteiger partial charge in [-0.3, -0.25) is 4.90 Å². The van der Waals surface area contributed by atoms with Crippen LogP contribution in [0.5, 0.6) is 5.75 Å². The molecule has 0 bridgehead atoms. The van der Waals surface area contributed by atoms with Crippen molar-refractivity contribution in [2.24, 2.45) is 11.8 Å². The first-order valence-electron chi connectivity index (χ1n) is 6.66. The molecule has 110 valence electrons. The maximum atomic E-state index is 12.2. The molecule has 0 radical (unpaired) electrons. The lowest BCUT2D eigenvalue weighted by molar-refractivity contribution is -0.274.